The number of benzene rings is 1. The van der Waals surface area contributed by atoms with E-state index in [0.29, 0.717) is 18.0 Å². The molecule has 2 heterocycles. The minimum Gasteiger partial charge on any atom is -0.493 e. The Morgan fingerprint density at radius 3 is 2.67 bits per heavy atom. The summed E-state index contributed by atoms with van der Waals surface area (Å²) in [5.41, 5.74) is 0.848. The Balaban J connectivity index is 1.64. The second-order valence-corrected chi connectivity index (χ2v) is 7.48. The molecule has 0 saturated carbocycles. The molecular formula is C21H25NO4S. The van der Waals surface area contributed by atoms with Gasteiger partial charge in [0.25, 0.3) is 0 Å². The van der Waals surface area contributed by atoms with E-state index in [-0.39, 0.29) is 11.3 Å². The highest BCUT2D eigenvalue weighted by Crippen LogP contribution is 2.37. The third kappa shape index (κ3) is 4.70. The van der Waals surface area contributed by atoms with Crippen LogP contribution in [0.5, 0.6) is 11.5 Å². The Hall–Kier alpha value is -2.31. The van der Waals surface area contributed by atoms with Crippen molar-refractivity contribution in [3.8, 4) is 11.5 Å². The maximum Gasteiger partial charge on any atom is 0.244 e. The van der Waals surface area contributed by atoms with Gasteiger partial charge in [0.2, 0.25) is 5.91 Å². The standard InChI is InChI=1S/C21H25NO4S/c1-24-17-7-5-16(14-18(17)25-2)6-8-20(23)22-15-21(9-11-26-12-10-21)19-4-3-13-27-19/h3-8,13-14H,9-12,15H2,1-2H3,(H,22,23)/b8-6+. The summed E-state index contributed by atoms with van der Waals surface area (Å²) in [6.07, 6.45) is 5.18. The molecule has 1 aliphatic heterocycles. The molecule has 0 atom stereocenters. The van der Waals surface area contributed by atoms with E-state index in [0.717, 1.165) is 31.6 Å². The predicted molar refractivity (Wildman–Crippen MR) is 108 cm³/mol. The van der Waals surface area contributed by atoms with Crippen LogP contribution in [0.25, 0.3) is 6.08 Å². The van der Waals surface area contributed by atoms with Crippen LogP contribution in [0, 0.1) is 0 Å². The molecule has 1 aromatic heterocycles. The average Bonchev–Trinajstić information content (AvgIpc) is 3.26. The van der Waals surface area contributed by atoms with Crippen molar-refractivity contribution in [2.75, 3.05) is 34.0 Å². The minimum absolute atomic E-state index is 0.0285. The number of hydrogen-bond acceptors (Lipinski definition) is 5. The fourth-order valence-electron chi connectivity index (χ4n) is 3.30. The molecule has 0 bridgehead atoms. The van der Waals surface area contributed by atoms with Crippen LogP contribution in [0.2, 0.25) is 0 Å². The van der Waals surface area contributed by atoms with Gasteiger partial charge in [-0.25, -0.2) is 0 Å². The highest BCUT2D eigenvalue weighted by Gasteiger charge is 2.35. The molecule has 2 aromatic rings. The van der Waals surface area contributed by atoms with Crippen molar-refractivity contribution in [1.82, 2.24) is 5.32 Å². The van der Waals surface area contributed by atoms with Crippen molar-refractivity contribution in [3.05, 3.63) is 52.2 Å². The number of methoxy groups -OCH3 is 2. The largest absolute Gasteiger partial charge is 0.493 e. The normalized spacial score (nSPS) is 16.2. The maximum atomic E-state index is 12.4. The van der Waals surface area contributed by atoms with Crippen molar-refractivity contribution in [1.29, 1.82) is 0 Å². The number of amides is 1. The predicted octanol–water partition coefficient (Wildman–Crippen LogP) is 3.64. The number of nitrogens with one attached hydrogen (secondary N) is 1. The molecule has 0 unspecified atom stereocenters. The lowest BCUT2D eigenvalue weighted by Gasteiger charge is -2.36. The number of hydrogen-bond donors (Lipinski definition) is 1. The molecule has 1 fully saturated rings. The number of thiophene rings is 1. The summed E-state index contributed by atoms with van der Waals surface area (Å²) < 4.78 is 16.1. The molecule has 0 radical (unpaired) electrons. The van der Waals surface area contributed by atoms with Crippen LogP contribution in [0.1, 0.15) is 23.3 Å². The smallest absolute Gasteiger partial charge is 0.244 e. The molecule has 144 valence electrons. The molecule has 1 aliphatic rings. The van der Waals surface area contributed by atoms with Gasteiger partial charge in [0.1, 0.15) is 0 Å². The first kappa shape index (κ1) is 19.5. The first-order valence-corrected chi connectivity index (χ1v) is 9.84. The van der Waals surface area contributed by atoms with Crippen LogP contribution in [-0.2, 0) is 14.9 Å². The van der Waals surface area contributed by atoms with Gasteiger partial charge in [-0.2, -0.15) is 0 Å². The lowest BCUT2D eigenvalue weighted by Crippen LogP contribution is -2.43. The van der Waals surface area contributed by atoms with E-state index >= 15 is 0 Å². The number of carbonyl (C=O) groups excluding carboxylic acids is 1. The molecule has 1 amide bonds. The Morgan fingerprint density at radius 1 is 1.22 bits per heavy atom. The van der Waals surface area contributed by atoms with Crippen LogP contribution in [-0.4, -0.2) is 39.9 Å². The third-order valence-corrected chi connectivity index (χ3v) is 6.05. The van der Waals surface area contributed by atoms with Gasteiger partial charge >= 0.3 is 0 Å². The number of ether oxygens (including phenoxy) is 3. The van der Waals surface area contributed by atoms with Gasteiger partial charge in [-0.1, -0.05) is 12.1 Å². The summed E-state index contributed by atoms with van der Waals surface area (Å²) in [6.45, 7) is 2.08. The summed E-state index contributed by atoms with van der Waals surface area (Å²) in [5, 5.41) is 5.16. The van der Waals surface area contributed by atoms with Crippen molar-refractivity contribution in [2.24, 2.45) is 0 Å². The van der Waals surface area contributed by atoms with E-state index in [4.69, 9.17) is 14.2 Å². The summed E-state index contributed by atoms with van der Waals surface area (Å²) in [7, 11) is 3.19. The van der Waals surface area contributed by atoms with Gasteiger partial charge in [-0.15, -0.1) is 11.3 Å². The zero-order valence-electron chi connectivity index (χ0n) is 15.7. The summed E-state index contributed by atoms with van der Waals surface area (Å²) in [6, 6.07) is 9.77. The molecule has 6 heteroatoms. The summed E-state index contributed by atoms with van der Waals surface area (Å²) >= 11 is 1.75. The molecule has 1 aromatic carbocycles. The first-order valence-electron chi connectivity index (χ1n) is 8.96. The van der Waals surface area contributed by atoms with Gasteiger partial charge < -0.3 is 19.5 Å². The van der Waals surface area contributed by atoms with E-state index in [1.54, 1.807) is 37.7 Å². The van der Waals surface area contributed by atoms with Gasteiger partial charge in [-0.3, -0.25) is 4.79 Å². The molecule has 1 N–H and O–H groups in total. The second kappa shape index (κ2) is 9.06. The van der Waals surface area contributed by atoms with Crippen LogP contribution >= 0.6 is 11.3 Å². The van der Waals surface area contributed by atoms with Gasteiger partial charge in [0.05, 0.1) is 14.2 Å². The fraction of sp³-hybridized carbons (Fsp3) is 0.381. The Morgan fingerprint density at radius 2 is 2.00 bits per heavy atom. The van der Waals surface area contributed by atoms with Crippen LogP contribution in [0.15, 0.2) is 41.8 Å². The second-order valence-electron chi connectivity index (χ2n) is 6.54. The van der Waals surface area contributed by atoms with Crippen LogP contribution < -0.4 is 14.8 Å². The van der Waals surface area contributed by atoms with Crippen LogP contribution in [0.3, 0.4) is 0 Å². The summed E-state index contributed by atoms with van der Waals surface area (Å²) in [4.78, 5) is 13.7. The minimum atomic E-state index is -0.104. The molecule has 5 nitrogen and oxygen atoms in total. The van der Waals surface area contributed by atoms with E-state index in [1.165, 1.54) is 4.88 Å². The van der Waals surface area contributed by atoms with E-state index in [1.807, 2.05) is 18.2 Å². The van der Waals surface area contributed by atoms with Crippen LogP contribution in [0.4, 0.5) is 0 Å². The van der Waals surface area contributed by atoms with E-state index < -0.39 is 0 Å². The van der Waals surface area contributed by atoms with Gasteiger partial charge in [0.15, 0.2) is 11.5 Å². The van der Waals surface area contributed by atoms with Crippen molar-refractivity contribution in [3.63, 3.8) is 0 Å². The van der Waals surface area contributed by atoms with E-state index in [9.17, 15) is 4.79 Å². The Kier molecular flexibility index (Phi) is 6.53. The lowest BCUT2D eigenvalue weighted by atomic mass is 9.78. The molecular weight excluding hydrogens is 362 g/mol. The van der Waals surface area contributed by atoms with E-state index in [2.05, 4.69) is 22.8 Å². The third-order valence-electron chi connectivity index (χ3n) is 4.93. The topological polar surface area (TPSA) is 56.8 Å². The maximum absolute atomic E-state index is 12.4. The zero-order valence-corrected chi connectivity index (χ0v) is 16.5. The Bertz CT molecular complexity index is 779. The van der Waals surface area contributed by atoms with Crippen molar-refractivity contribution < 1.29 is 19.0 Å². The van der Waals surface area contributed by atoms with Crippen molar-refractivity contribution in [2.45, 2.75) is 18.3 Å². The Labute approximate surface area is 163 Å². The molecule has 1 saturated heterocycles. The molecule has 0 spiro atoms. The van der Waals surface area contributed by atoms with Gasteiger partial charge in [-0.05, 0) is 48.1 Å². The van der Waals surface area contributed by atoms with Gasteiger partial charge in [0, 0.05) is 36.1 Å². The molecule has 3 rings (SSSR count). The molecule has 27 heavy (non-hydrogen) atoms. The average molecular weight is 388 g/mol. The highest BCUT2D eigenvalue weighted by molar-refractivity contribution is 7.10. The fourth-order valence-corrected chi connectivity index (χ4v) is 4.28. The summed E-state index contributed by atoms with van der Waals surface area (Å²) in [5.74, 6) is 1.20. The SMILES string of the molecule is COc1ccc(/C=C/C(=O)NCC2(c3cccs3)CCOCC2)cc1OC. The zero-order chi connectivity index (χ0) is 19.1. The number of carbonyl (C=O) groups is 1. The molecule has 0 aliphatic carbocycles. The highest BCUT2D eigenvalue weighted by atomic mass is 32.1. The van der Waals surface area contributed by atoms with Crippen molar-refractivity contribution >= 4 is 23.3 Å². The lowest BCUT2D eigenvalue weighted by molar-refractivity contribution is -0.116. The quantitative estimate of drug-likeness (QED) is 0.737. The first-order chi connectivity index (χ1) is 13.2. The monoisotopic (exact) mass is 387 g/mol. The number of rotatable bonds is 7.